The number of aromatic nitrogens is 1. The fourth-order valence-electron chi connectivity index (χ4n) is 3.79. The highest BCUT2D eigenvalue weighted by atomic mass is 35.5. The van der Waals surface area contributed by atoms with Crippen LogP contribution in [0.3, 0.4) is 0 Å². The first-order chi connectivity index (χ1) is 10.7. The second-order valence-corrected chi connectivity index (χ2v) is 6.60. The zero-order chi connectivity index (χ0) is 15.1. The van der Waals surface area contributed by atoms with E-state index in [1.165, 1.54) is 25.8 Å². The Morgan fingerprint density at radius 1 is 1.13 bits per heavy atom. The molecule has 1 aromatic heterocycles. The molecule has 0 amide bonds. The van der Waals surface area contributed by atoms with Gasteiger partial charge in [-0.25, -0.2) is 9.37 Å². The lowest BCUT2D eigenvalue weighted by Gasteiger charge is -2.44. The predicted molar refractivity (Wildman–Crippen MR) is 95.1 cm³/mol. The van der Waals surface area contributed by atoms with Crippen LogP contribution in [0.25, 0.3) is 10.9 Å². The van der Waals surface area contributed by atoms with Crippen LogP contribution in [0.1, 0.15) is 24.8 Å². The third kappa shape index (κ3) is 3.15. The van der Waals surface area contributed by atoms with Gasteiger partial charge in [-0.15, -0.1) is 12.4 Å². The van der Waals surface area contributed by atoms with Crippen LogP contribution in [0.2, 0.25) is 0 Å². The minimum Gasteiger partial charge on any atom is -0.354 e. The highest BCUT2D eigenvalue weighted by Gasteiger charge is 2.29. The zero-order valence-corrected chi connectivity index (χ0v) is 14.3. The van der Waals surface area contributed by atoms with Crippen molar-refractivity contribution >= 4 is 29.1 Å². The maximum atomic E-state index is 13.8. The Morgan fingerprint density at radius 3 is 2.87 bits per heavy atom. The average Bonchev–Trinajstić information content (AvgIpc) is 2.55. The monoisotopic (exact) mass is 335 g/mol. The zero-order valence-electron chi connectivity index (χ0n) is 13.5. The molecule has 0 radical (unpaired) electrons. The lowest BCUT2D eigenvalue weighted by molar-refractivity contribution is 0.133. The predicted octanol–water partition coefficient (Wildman–Crippen LogP) is 3.78. The third-order valence-electron chi connectivity index (χ3n) is 5.12. The maximum absolute atomic E-state index is 13.8. The smallest absolute Gasteiger partial charge is 0.129 e. The number of aryl methyl sites for hydroxylation is 1. The number of piperazine rings is 1. The summed E-state index contributed by atoms with van der Waals surface area (Å²) in [7, 11) is 0. The Kier molecular flexibility index (Phi) is 4.74. The third-order valence-corrected chi connectivity index (χ3v) is 5.12. The van der Waals surface area contributed by atoms with Crippen molar-refractivity contribution in [2.24, 2.45) is 0 Å². The Labute approximate surface area is 142 Å². The van der Waals surface area contributed by atoms with Crippen molar-refractivity contribution in [3.05, 3.63) is 35.6 Å². The van der Waals surface area contributed by atoms with E-state index < -0.39 is 0 Å². The molecule has 0 bridgehead atoms. The minimum atomic E-state index is -0.172. The number of nitrogens with zero attached hydrogens (tertiary/aromatic N) is 3. The summed E-state index contributed by atoms with van der Waals surface area (Å²) in [6, 6.07) is 8.25. The maximum Gasteiger partial charge on any atom is 0.129 e. The number of hydrogen-bond acceptors (Lipinski definition) is 3. The first kappa shape index (κ1) is 16.5. The van der Waals surface area contributed by atoms with Gasteiger partial charge in [0.2, 0.25) is 0 Å². The molecule has 2 aliphatic heterocycles. The van der Waals surface area contributed by atoms with Crippen LogP contribution in [-0.4, -0.2) is 42.1 Å². The summed E-state index contributed by atoms with van der Waals surface area (Å²) in [6.45, 7) is 6.22. The van der Waals surface area contributed by atoms with Gasteiger partial charge in [0.25, 0.3) is 0 Å². The molecule has 124 valence electrons. The molecule has 2 saturated heterocycles. The molecule has 4 rings (SSSR count). The Balaban J connectivity index is 0.00000156. The molecule has 3 nitrogen and oxygen atoms in total. The Bertz CT molecular complexity index is 706. The van der Waals surface area contributed by atoms with Gasteiger partial charge < -0.3 is 4.90 Å². The largest absolute Gasteiger partial charge is 0.354 e. The van der Waals surface area contributed by atoms with Gasteiger partial charge in [0.1, 0.15) is 11.6 Å². The normalized spacial score (nSPS) is 21.8. The van der Waals surface area contributed by atoms with E-state index in [1.807, 2.05) is 6.07 Å². The second kappa shape index (κ2) is 6.62. The summed E-state index contributed by atoms with van der Waals surface area (Å²) in [5.41, 5.74) is 1.43. The van der Waals surface area contributed by atoms with Crippen molar-refractivity contribution in [2.45, 2.75) is 32.2 Å². The summed E-state index contributed by atoms with van der Waals surface area (Å²) in [6.07, 6.45) is 3.96. The van der Waals surface area contributed by atoms with Gasteiger partial charge in [0.05, 0.1) is 5.52 Å². The average molecular weight is 336 g/mol. The number of benzene rings is 1. The van der Waals surface area contributed by atoms with Gasteiger partial charge in [-0.1, -0.05) is 6.42 Å². The van der Waals surface area contributed by atoms with Gasteiger partial charge in [-0.05, 0) is 50.1 Å². The molecule has 0 N–H and O–H groups in total. The number of anilines is 1. The molecule has 0 unspecified atom stereocenters. The Morgan fingerprint density at radius 2 is 2.00 bits per heavy atom. The molecule has 1 aromatic carbocycles. The number of fused-ring (bicyclic) bond motifs is 2. The molecule has 2 fully saturated rings. The summed E-state index contributed by atoms with van der Waals surface area (Å²) >= 11 is 0. The Hall–Kier alpha value is -1.39. The highest BCUT2D eigenvalue weighted by molar-refractivity contribution is 5.85. The van der Waals surface area contributed by atoms with Gasteiger partial charge in [0, 0.05) is 37.1 Å². The van der Waals surface area contributed by atoms with Crippen LogP contribution < -0.4 is 4.90 Å². The van der Waals surface area contributed by atoms with Crippen LogP contribution in [0.4, 0.5) is 10.2 Å². The van der Waals surface area contributed by atoms with Crippen molar-refractivity contribution in [3.8, 4) is 0 Å². The van der Waals surface area contributed by atoms with Crippen LogP contribution >= 0.6 is 12.4 Å². The number of rotatable bonds is 1. The fourth-order valence-corrected chi connectivity index (χ4v) is 3.79. The van der Waals surface area contributed by atoms with E-state index in [4.69, 9.17) is 4.98 Å². The van der Waals surface area contributed by atoms with E-state index in [-0.39, 0.29) is 18.2 Å². The van der Waals surface area contributed by atoms with Crippen molar-refractivity contribution in [3.63, 3.8) is 0 Å². The molecule has 0 aliphatic carbocycles. The van der Waals surface area contributed by atoms with E-state index in [1.54, 1.807) is 13.0 Å². The lowest BCUT2D eigenvalue weighted by atomic mass is 9.99. The summed E-state index contributed by atoms with van der Waals surface area (Å²) < 4.78 is 13.8. The van der Waals surface area contributed by atoms with Gasteiger partial charge >= 0.3 is 0 Å². The van der Waals surface area contributed by atoms with E-state index in [0.29, 0.717) is 11.6 Å². The quantitative estimate of drug-likeness (QED) is 0.790. The number of pyridine rings is 1. The molecule has 3 heterocycles. The minimum absolute atomic E-state index is 0. The molecule has 0 spiro atoms. The second-order valence-electron chi connectivity index (χ2n) is 6.60. The summed E-state index contributed by atoms with van der Waals surface area (Å²) in [5.74, 6) is 0.815. The number of hydrogen-bond donors (Lipinski definition) is 0. The molecule has 5 heteroatoms. The molecule has 2 aliphatic rings. The van der Waals surface area contributed by atoms with Gasteiger partial charge in [-0.2, -0.15) is 0 Å². The van der Waals surface area contributed by atoms with E-state index >= 15 is 0 Å². The van der Waals surface area contributed by atoms with Crippen molar-refractivity contribution < 1.29 is 4.39 Å². The number of halogens is 2. The summed E-state index contributed by atoms with van der Waals surface area (Å²) in [4.78, 5) is 9.69. The van der Waals surface area contributed by atoms with Gasteiger partial charge in [0.15, 0.2) is 0 Å². The molecule has 23 heavy (non-hydrogen) atoms. The van der Waals surface area contributed by atoms with Crippen molar-refractivity contribution in [1.82, 2.24) is 9.88 Å². The molecular weight excluding hydrogens is 313 g/mol. The van der Waals surface area contributed by atoms with Gasteiger partial charge in [-0.3, -0.25) is 4.90 Å². The first-order valence-corrected chi connectivity index (χ1v) is 8.26. The molecule has 0 saturated carbocycles. The molecule has 1 atom stereocenters. The SMILES string of the molecule is Cc1cc2ccc(N3CCN4CCCC[C@@H]4C3)nc2cc1F.Cl. The molecule has 2 aromatic rings. The standard InChI is InChI=1S/C18H22FN3.ClH/c1-13-10-14-5-6-18(20-17(14)11-16(13)19)22-9-8-21-7-3-2-4-15(21)12-22;/h5-6,10-11,15H,2-4,7-9,12H2,1H3;1H/t15-;/m1./s1. The fraction of sp³-hybridized carbons (Fsp3) is 0.500. The number of piperidine rings is 1. The lowest BCUT2D eigenvalue weighted by Crippen LogP contribution is -2.55. The van der Waals surface area contributed by atoms with E-state index in [9.17, 15) is 4.39 Å². The van der Waals surface area contributed by atoms with E-state index in [0.717, 1.165) is 36.4 Å². The first-order valence-electron chi connectivity index (χ1n) is 8.26. The molecular formula is C18H23ClFN3. The van der Waals surface area contributed by atoms with Crippen LogP contribution in [0.15, 0.2) is 24.3 Å². The van der Waals surface area contributed by atoms with Crippen LogP contribution in [-0.2, 0) is 0 Å². The van der Waals surface area contributed by atoms with Crippen LogP contribution in [0.5, 0.6) is 0 Å². The van der Waals surface area contributed by atoms with E-state index in [2.05, 4.69) is 21.9 Å². The van der Waals surface area contributed by atoms with Crippen molar-refractivity contribution in [1.29, 1.82) is 0 Å². The van der Waals surface area contributed by atoms with Crippen molar-refractivity contribution in [2.75, 3.05) is 31.1 Å². The van der Waals surface area contributed by atoms with Crippen LogP contribution in [0, 0.1) is 12.7 Å². The summed E-state index contributed by atoms with van der Waals surface area (Å²) in [5, 5.41) is 1.01. The highest BCUT2D eigenvalue weighted by Crippen LogP contribution is 2.26. The topological polar surface area (TPSA) is 19.4 Å².